The van der Waals surface area contributed by atoms with Crippen molar-refractivity contribution in [1.29, 1.82) is 0 Å². The van der Waals surface area contributed by atoms with Crippen LogP contribution in [0.25, 0.3) is 0 Å². The zero-order valence-electron chi connectivity index (χ0n) is 12.0. The van der Waals surface area contributed by atoms with E-state index in [0.717, 1.165) is 25.7 Å². The van der Waals surface area contributed by atoms with Gasteiger partial charge in [0.15, 0.2) is 0 Å². The van der Waals surface area contributed by atoms with Gasteiger partial charge < -0.3 is 14.4 Å². The van der Waals surface area contributed by atoms with Crippen molar-refractivity contribution in [1.82, 2.24) is 10.1 Å². The highest BCUT2D eigenvalue weighted by Crippen LogP contribution is 2.37. The summed E-state index contributed by atoms with van der Waals surface area (Å²) in [6, 6.07) is 0. The average molecular weight is 282 g/mol. The van der Waals surface area contributed by atoms with Gasteiger partial charge in [0, 0.05) is 6.61 Å². The molecule has 1 aromatic rings. The van der Waals surface area contributed by atoms with E-state index in [1.165, 1.54) is 0 Å². The Morgan fingerprint density at radius 2 is 2.20 bits per heavy atom. The zero-order chi connectivity index (χ0) is 14.5. The Morgan fingerprint density at radius 1 is 1.45 bits per heavy atom. The normalized spacial score (nSPS) is 24.5. The summed E-state index contributed by atoms with van der Waals surface area (Å²) in [5.41, 5.74) is 0. The van der Waals surface area contributed by atoms with Crippen molar-refractivity contribution in [2.45, 2.75) is 58.0 Å². The minimum atomic E-state index is -0.772. The van der Waals surface area contributed by atoms with E-state index in [1.807, 2.05) is 13.8 Å². The molecule has 0 amide bonds. The summed E-state index contributed by atoms with van der Waals surface area (Å²) in [4.78, 5) is 15.7. The van der Waals surface area contributed by atoms with Crippen LogP contribution in [-0.2, 0) is 9.53 Å². The number of aliphatic carboxylic acids is 1. The third kappa shape index (κ3) is 3.17. The maximum Gasteiger partial charge on any atom is 0.307 e. The predicted molar refractivity (Wildman–Crippen MR) is 71.3 cm³/mol. The van der Waals surface area contributed by atoms with Crippen LogP contribution in [0.3, 0.4) is 0 Å². The zero-order valence-corrected chi connectivity index (χ0v) is 12.0. The summed E-state index contributed by atoms with van der Waals surface area (Å²) in [7, 11) is 0. The molecule has 0 bridgehead atoms. The van der Waals surface area contributed by atoms with Gasteiger partial charge in [-0.25, -0.2) is 0 Å². The Morgan fingerprint density at radius 3 is 2.85 bits per heavy atom. The Bertz CT molecular complexity index is 446. The van der Waals surface area contributed by atoms with Crippen LogP contribution in [0.2, 0.25) is 0 Å². The third-order valence-electron chi connectivity index (χ3n) is 3.88. The summed E-state index contributed by atoms with van der Waals surface area (Å²) in [5, 5.41) is 13.3. The highest BCUT2D eigenvalue weighted by Gasteiger charge is 2.36. The Labute approximate surface area is 118 Å². The summed E-state index contributed by atoms with van der Waals surface area (Å²) in [6.07, 6.45) is 4.02. The first kappa shape index (κ1) is 15.0. The number of carbonyl (C=O) groups is 1. The molecule has 1 aromatic heterocycles. The van der Waals surface area contributed by atoms with E-state index in [4.69, 9.17) is 9.26 Å². The average Bonchev–Trinajstić information content (AvgIpc) is 2.94. The van der Waals surface area contributed by atoms with E-state index in [2.05, 4.69) is 10.1 Å². The minimum Gasteiger partial charge on any atom is -0.481 e. The Hall–Kier alpha value is -1.43. The number of aromatic nitrogens is 2. The Kier molecular flexibility index (Phi) is 5.11. The van der Waals surface area contributed by atoms with Crippen molar-refractivity contribution >= 4 is 5.97 Å². The quantitative estimate of drug-likeness (QED) is 0.863. The Balaban J connectivity index is 2.15. The summed E-state index contributed by atoms with van der Waals surface area (Å²) >= 11 is 0. The molecule has 0 aliphatic heterocycles. The molecule has 1 aliphatic rings. The molecule has 112 valence electrons. The molecule has 0 aromatic carbocycles. The fourth-order valence-corrected chi connectivity index (χ4v) is 2.83. The van der Waals surface area contributed by atoms with E-state index in [1.54, 1.807) is 0 Å². The maximum atomic E-state index is 11.3. The van der Waals surface area contributed by atoms with Gasteiger partial charge in [0.25, 0.3) is 0 Å². The molecule has 0 spiro atoms. The van der Waals surface area contributed by atoms with E-state index >= 15 is 0 Å². The van der Waals surface area contributed by atoms with Crippen molar-refractivity contribution in [3.8, 4) is 0 Å². The minimum absolute atomic E-state index is 0.165. The summed E-state index contributed by atoms with van der Waals surface area (Å²) in [6.45, 7) is 4.51. The first-order chi connectivity index (χ1) is 9.67. The highest BCUT2D eigenvalue weighted by molar-refractivity contribution is 5.71. The second-order valence-electron chi connectivity index (χ2n) is 5.18. The van der Waals surface area contributed by atoms with Crippen molar-refractivity contribution in [2.75, 3.05) is 6.61 Å². The molecule has 3 atom stereocenters. The van der Waals surface area contributed by atoms with Crippen molar-refractivity contribution in [3.63, 3.8) is 0 Å². The number of rotatable bonds is 6. The van der Waals surface area contributed by atoms with E-state index in [9.17, 15) is 9.90 Å². The van der Waals surface area contributed by atoms with Gasteiger partial charge in [-0.2, -0.15) is 4.98 Å². The van der Waals surface area contributed by atoms with Gasteiger partial charge in [-0.1, -0.05) is 24.9 Å². The van der Waals surface area contributed by atoms with Gasteiger partial charge in [-0.15, -0.1) is 0 Å². The van der Waals surface area contributed by atoms with E-state index in [0.29, 0.717) is 24.7 Å². The molecule has 1 N–H and O–H groups in total. The number of ether oxygens (including phenoxy) is 1. The summed E-state index contributed by atoms with van der Waals surface area (Å²) < 4.78 is 10.9. The lowest BCUT2D eigenvalue weighted by Gasteiger charge is -2.25. The standard InChI is InChI=1S/C14H22N2O4/c1-3-11(19-4-2)12-15-13(20-16-12)9-7-5-6-8-10(9)14(17)18/h9-11H,3-8H2,1-2H3,(H,17,18). The van der Waals surface area contributed by atoms with Gasteiger partial charge in [0.05, 0.1) is 11.8 Å². The molecule has 1 fully saturated rings. The van der Waals surface area contributed by atoms with Crippen LogP contribution < -0.4 is 0 Å². The predicted octanol–water partition coefficient (Wildman–Crippen LogP) is 2.92. The molecule has 1 heterocycles. The van der Waals surface area contributed by atoms with Crippen molar-refractivity contribution in [3.05, 3.63) is 11.7 Å². The SMILES string of the molecule is CCOC(CC)c1noc(C2CCCCC2C(=O)O)n1. The lowest BCUT2D eigenvalue weighted by molar-refractivity contribution is -0.143. The van der Waals surface area contributed by atoms with Crippen LogP contribution in [0.1, 0.15) is 69.7 Å². The van der Waals surface area contributed by atoms with Crippen molar-refractivity contribution < 1.29 is 19.2 Å². The molecule has 0 saturated heterocycles. The van der Waals surface area contributed by atoms with E-state index < -0.39 is 11.9 Å². The van der Waals surface area contributed by atoms with Gasteiger partial charge in [-0.05, 0) is 26.2 Å². The second kappa shape index (κ2) is 6.83. The molecule has 6 heteroatoms. The van der Waals surface area contributed by atoms with Crippen LogP contribution in [0.4, 0.5) is 0 Å². The topological polar surface area (TPSA) is 85.5 Å². The monoisotopic (exact) mass is 282 g/mol. The van der Waals surface area contributed by atoms with Crippen molar-refractivity contribution in [2.24, 2.45) is 5.92 Å². The molecular formula is C14H22N2O4. The van der Waals surface area contributed by atoms with E-state index in [-0.39, 0.29) is 12.0 Å². The first-order valence-corrected chi connectivity index (χ1v) is 7.35. The number of nitrogens with zero attached hydrogens (tertiary/aromatic N) is 2. The molecule has 2 rings (SSSR count). The molecule has 20 heavy (non-hydrogen) atoms. The number of hydrogen-bond acceptors (Lipinski definition) is 5. The molecule has 1 saturated carbocycles. The van der Waals surface area contributed by atoms with Gasteiger partial charge in [-0.3, -0.25) is 4.79 Å². The maximum absolute atomic E-state index is 11.3. The van der Waals surface area contributed by atoms with Crippen LogP contribution in [0.15, 0.2) is 4.52 Å². The molecule has 0 radical (unpaired) electrons. The van der Waals surface area contributed by atoms with Gasteiger partial charge in [0.2, 0.25) is 11.7 Å². The lowest BCUT2D eigenvalue weighted by atomic mass is 9.79. The summed E-state index contributed by atoms with van der Waals surface area (Å²) in [5.74, 6) is -0.374. The fraction of sp³-hybridized carbons (Fsp3) is 0.786. The fourth-order valence-electron chi connectivity index (χ4n) is 2.83. The number of hydrogen-bond donors (Lipinski definition) is 1. The third-order valence-corrected chi connectivity index (χ3v) is 3.88. The molecule has 1 aliphatic carbocycles. The van der Waals surface area contributed by atoms with Crippen LogP contribution in [-0.4, -0.2) is 27.8 Å². The molecule has 6 nitrogen and oxygen atoms in total. The highest BCUT2D eigenvalue weighted by atomic mass is 16.5. The second-order valence-corrected chi connectivity index (χ2v) is 5.18. The van der Waals surface area contributed by atoms with Crippen LogP contribution in [0.5, 0.6) is 0 Å². The van der Waals surface area contributed by atoms with Crippen LogP contribution in [0, 0.1) is 5.92 Å². The number of carboxylic acids is 1. The van der Waals surface area contributed by atoms with Gasteiger partial charge >= 0.3 is 5.97 Å². The lowest BCUT2D eigenvalue weighted by Crippen LogP contribution is -2.25. The smallest absolute Gasteiger partial charge is 0.307 e. The number of carboxylic acid groups (broad SMARTS) is 1. The first-order valence-electron chi connectivity index (χ1n) is 7.35. The van der Waals surface area contributed by atoms with Crippen LogP contribution >= 0.6 is 0 Å². The molecule has 3 unspecified atom stereocenters. The molecular weight excluding hydrogens is 260 g/mol. The largest absolute Gasteiger partial charge is 0.481 e. The van der Waals surface area contributed by atoms with Gasteiger partial charge in [0.1, 0.15) is 6.10 Å².